The van der Waals surface area contributed by atoms with Gasteiger partial charge in [-0.25, -0.2) is 9.48 Å². The molecule has 0 spiro atoms. The van der Waals surface area contributed by atoms with Crippen LogP contribution in [-0.2, 0) is 13.6 Å². The Morgan fingerprint density at radius 1 is 1.38 bits per heavy atom. The maximum Gasteiger partial charge on any atom is 0.335 e. The van der Waals surface area contributed by atoms with Crippen LogP contribution in [0.15, 0.2) is 29.4 Å². The Kier molecular flexibility index (Phi) is 7.13. The summed E-state index contributed by atoms with van der Waals surface area (Å²) in [6.45, 7) is 1.52. The summed E-state index contributed by atoms with van der Waals surface area (Å²) in [5.74, 6) is -0.0419. The summed E-state index contributed by atoms with van der Waals surface area (Å²) in [6, 6.07) is 6.85. The van der Waals surface area contributed by atoms with Crippen LogP contribution in [0.2, 0.25) is 0 Å². The van der Waals surface area contributed by atoms with E-state index in [9.17, 15) is 4.79 Å². The lowest BCUT2D eigenvalue weighted by Gasteiger charge is -2.04. The molecular formula is C12H16ClN5O2S. The van der Waals surface area contributed by atoms with Gasteiger partial charge in [0.1, 0.15) is 0 Å². The highest BCUT2D eigenvalue weighted by Gasteiger charge is 2.03. The van der Waals surface area contributed by atoms with Gasteiger partial charge in [-0.3, -0.25) is 0 Å². The van der Waals surface area contributed by atoms with Crippen molar-refractivity contribution in [3.63, 3.8) is 0 Å². The van der Waals surface area contributed by atoms with Crippen molar-refractivity contribution in [2.75, 3.05) is 12.3 Å². The number of rotatable bonds is 7. The number of hydrogen-bond acceptors (Lipinski definition) is 6. The third-order valence-corrected chi connectivity index (χ3v) is 3.63. The second-order valence-corrected chi connectivity index (χ2v) is 5.17. The fourth-order valence-corrected chi connectivity index (χ4v) is 2.30. The molecular weight excluding hydrogens is 314 g/mol. The maximum atomic E-state index is 10.7. The third kappa shape index (κ3) is 5.33. The van der Waals surface area contributed by atoms with Gasteiger partial charge in [-0.15, -0.1) is 17.5 Å². The van der Waals surface area contributed by atoms with E-state index in [0.29, 0.717) is 12.1 Å². The first-order valence-corrected chi connectivity index (χ1v) is 7.03. The number of tetrazole rings is 1. The predicted octanol–water partition coefficient (Wildman–Crippen LogP) is 1.21. The second kappa shape index (κ2) is 8.60. The zero-order chi connectivity index (χ0) is 14.4. The molecule has 0 radical (unpaired) electrons. The molecule has 2 aromatic rings. The summed E-state index contributed by atoms with van der Waals surface area (Å²) in [5, 5.41) is 24.1. The molecule has 114 valence electrons. The molecule has 0 unspecified atom stereocenters. The Hall–Kier alpha value is -1.64. The fraction of sp³-hybridized carbons (Fsp3) is 0.333. The van der Waals surface area contributed by atoms with E-state index in [1.165, 1.54) is 0 Å². The van der Waals surface area contributed by atoms with Crippen molar-refractivity contribution in [1.82, 2.24) is 25.5 Å². The number of nitrogens with zero attached hydrogens (tertiary/aromatic N) is 4. The summed E-state index contributed by atoms with van der Waals surface area (Å²) < 4.78 is 1.63. The monoisotopic (exact) mass is 329 g/mol. The molecule has 1 heterocycles. The molecule has 0 saturated heterocycles. The first-order valence-electron chi connectivity index (χ1n) is 6.05. The third-order valence-electron chi connectivity index (χ3n) is 2.62. The van der Waals surface area contributed by atoms with Crippen molar-refractivity contribution in [2.45, 2.75) is 11.7 Å². The first-order chi connectivity index (χ1) is 9.66. The van der Waals surface area contributed by atoms with Gasteiger partial charge in [-0.05, 0) is 28.1 Å². The minimum atomic E-state index is -0.904. The molecule has 1 aromatic carbocycles. The SMILES string of the molecule is Cl.Cn1nnnc1SCCNCc1ccc(C(=O)O)cc1. The molecule has 21 heavy (non-hydrogen) atoms. The zero-order valence-corrected chi connectivity index (χ0v) is 13.0. The van der Waals surface area contributed by atoms with Crippen LogP contribution >= 0.6 is 24.2 Å². The molecule has 7 nitrogen and oxygen atoms in total. The normalized spacial score (nSPS) is 10.1. The van der Waals surface area contributed by atoms with Crippen LogP contribution in [0.3, 0.4) is 0 Å². The van der Waals surface area contributed by atoms with Crippen molar-refractivity contribution in [1.29, 1.82) is 0 Å². The number of carboxylic acids is 1. The van der Waals surface area contributed by atoms with E-state index in [0.717, 1.165) is 23.0 Å². The van der Waals surface area contributed by atoms with E-state index in [1.807, 2.05) is 12.1 Å². The number of thioether (sulfide) groups is 1. The van der Waals surface area contributed by atoms with Crippen LogP contribution in [0.5, 0.6) is 0 Å². The number of aryl methyl sites for hydroxylation is 1. The largest absolute Gasteiger partial charge is 0.478 e. The van der Waals surface area contributed by atoms with Crippen LogP contribution in [-0.4, -0.2) is 43.6 Å². The minimum Gasteiger partial charge on any atom is -0.478 e. The van der Waals surface area contributed by atoms with Crippen molar-refractivity contribution in [3.8, 4) is 0 Å². The van der Waals surface area contributed by atoms with E-state index >= 15 is 0 Å². The number of benzene rings is 1. The number of halogens is 1. The molecule has 0 bridgehead atoms. The smallest absolute Gasteiger partial charge is 0.335 e. The van der Waals surface area contributed by atoms with Gasteiger partial charge in [0, 0.05) is 25.9 Å². The number of carboxylic acid groups (broad SMARTS) is 1. The molecule has 1 aromatic heterocycles. The molecule has 0 aliphatic rings. The van der Waals surface area contributed by atoms with Gasteiger partial charge in [-0.2, -0.15) is 0 Å². The summed E-state index contributed by atoms with van der Waals surface area (Å²) in [6.07, 6.45) is 0. The number of aromatic nitrogens is 4. The molecule has 0 aliphatic carbocycles. The van der Waals surface area contributed by atoms with Crippen LogP contribution in [0.4, 0.5) is 0 Å². The van der Waals surface area contributed by atoms with Crippen LogP contribution in [0, 0.1) is 0 Å². The van der Waals surface area contributed by atoms with Gasteiger partial charge in [0.2, 0.25) is 5.16 Å². The Morgan fingerprint density at radius 3 is 2.67 bits per heavy atom. The summed E-state index contributed by atoms with van der Waals surface area (Å²) in [5.41, 5.74) is 1.36. The topological polar surface area (TPSA) is 92.9 Å². The first kappa shape index (κ1) is 17.4. The van der Waals surface area contributed by atoms with Gasteiger partial charge in [0.05, 0.1) is 5.56 Å². The summed E-state index contributed by atoms with van der Waals surface area (Å²) >= 11 is 1.58. The molecule has 0 amide bonds. The average molecular weight is 330 g/mol. The fourth-order valence-electron chi connectivity index (χ4n) is 1.56. The Morgan fingerprint density at radius 2 is 2.10 bits per heavy atom. The van der Waals surface area contributed by atoms with E-state index in [4.69, 9.17) is 5.11 Å². The Balaban J connectivity index is 0.00000220. The number of nitrogens with one attached hydrogen (secondary N) is 1. The Bertz CT molecular complexity index is 575. The average Bonchev–Trinajstić information content (AvgIpc) is 2.84. The lowest BCUT2D eigenvalue weighted by molar-refractivity contribution is 0.0697. The van der Waals surface area contributed by atoms with E-state index in [-0.39, 0.29) is 12.4 Å². The minimum absolute atomic E-state index is 0. The van der Waals surface area contributed by atoms with E-state index in [2.05, 4.69) is 20.8 Å². The van der Waals surface area contributed by atoms with E-state index < -0.39 is 5.97 Å². The van der Waals surface area contributed by atoms with Crippen molar-refractivity contribution in [3.05, 3.63) is 35.4 Å². The van der Waals surface area contributed by atoms with Crippen LogP contribution in [0.1, 0.15) is 15.9 Å². The highest BCUT2D eigenvalue weighted by Crippen LogP contribution is 2.11. The molecule has 0 aliphatic heterocycles. The Labute approximate surface area is 132 Å². The van der Waals surface area contributed by atoms with Gasteiger partial charge in [-0.1, -0.05) is 23.9 Å². The number of hydrogen-bond donors (Lipinski definition) is 2. The standard InChI is InChI=1S/C12H15N5O2S.ClH/c1-17-12(14-15-16-17)20-7-6-13-8-9-2-4-10(5-3-9)11(18)19;/h2-5,13H,6-8H2,1H3,(H,18,19);1H. The molecule has 0 fully saturated rings. The van der Waals surface area contributed by atoms with Crippen LogP contribution in [0.25, 0.3) is 0 Å². The molecule has 0 saturated carbocycles. The van der Waals surface area contributed by atoms with Gasteiger partial charge in [0.25, 0.3) is 0 Å². The quantitative estimate of drug-likeness (QED) is 0.582. The van der Waals surface area contributed by atoms with Crippen LogP contribution < -0.4 is 5.32 Å². The molecule has 2 rings (SSSR count). The van der Waals surface area contributed by atoms with Gasteiger partial charge < -0.3 is 10.4 Å². The summed E-state index contributed by atoms with van der Waals surface area (Å²) in [7, 11) is 1.81. The number of aromatic carboxylic acids is 1. The van der Waals surface area contributed by atoms with Gasteiger partial charge in [0.15, 0.2) is 0 Å². The van der Waals surface area contributed by atoms with Crippen molar-refractivity contribution < 1.29 is 9.90 Å². The van der Waals surface area contributed by atoms with Crippen molar-refractivity contribution in [2.24, 2.45) is 7.05 Å². The molecule has 9 heteroatoms. The van der Waals surface area contributed by atoms with Crippen molar-refractivity contribution >= 4 is 30.1 Å². The lowest BCUT2D eigenvalue weighted by atomic mass is 10.1. The number of carbonyl (C=O) groups is 1. The highest BCUT2D eigenvalue weighted by molar-refractivity contribution is 7.99. The zero-order valence-electron chi connectivity index (χ0n) is 11.4. The predicted molar refractivity (Wildman–Crippen MR) is 81.9 cm³/mol. The second-order valence-electron chi connectivity index (χ2n) is 4.11. The highest BCUT2D eigenvalue weighted by atomic mass is 35.5. The maximum absolute atomic E-state index is 10.7. The summed E-state index contributed by atoms with van der Waals surface area (Å²) in [4.78, 5) is 10.7. The van der Waals surface area contributed by atoms with E-state index in [1.54, 1.807) is 35.6 Å². The van der Waals surface area contributed by atoms with Gasteiger partial charge >= 0.3 is 5.97 Å². The molecule has 2 N–H and O–H groups in total. The molecule has 0 atom stereocenters. The lowest BCUT2D eigenvalue weighted by Crippen LogP contribution is -2.16.